The van der Waals surface area contributed by atoms with Gasteiger partial charge in [0.15, 0.2) is 5.82 Å². The molecule has 2 heterocycles. The maximum Gasteiger partial charge on any atom is 0.343 e. The number of nitrogens with one attached hydrogen (secondary N) is 2. The summed E-state index contributed by atoms with van der Waals surface area (Å²) in [6.07, 6.45) is 1.44. The number of hydrogen-bond donors (Lipinski definition) is 2. The minimum atomic E-state index is -0.432. The number of amides is 1. The molecule has 0 fully saturated rings. The van der Waals surface area contributed by atoms with E-state index in [-0.39, 0.29) is 23.0 Å². The zero-order valence-electron chi connectivity index (χ0n) is 10.6. The standard InChI is InChI=1S/C13H11FN4O2/c1-2-18-13(20)16-11(17-18)6-9-8-5-7(14)3-4-10(8)15-12(9)19/h3-6H,2H2,1H3,(H,15,19)(H,16,17,20)/b9-6-. The van der Waals surface area contributed by atoms with Crippen LogP contribution in [-0.4, -0.2) is 20.7 Å². The normalized spacial score (nSPS) is 15.5. The van der Waals surface area contributed by atoms with Gasteiger partial charge in [-0.25, -0.2) is 13.9 Å². The monoisotopic (exact) mass is 274 g/mol. The van der Waals surface area contributed by atoms with Crippen molar-refractivity contribution in [3.05, 3.63) is 45.9 Å². The smallest absolute Gasteiger partial charge is 0.321 e. The molecule has 0 saturated heterocycles. The van der Waals surface area contributed by atoms with Crippen molar-refractivity contribution >= 4 is 23.2 Å². The lowest BCUT2D eigenvalue weighted by Crippen LogP contribution is -2.16. The summed E-state index contributed by atoms with van der Waals surface area (Å²) < 4.78 is 14.5. The van der Waals surface area contributed by atoms with Crippen molar-refractivity contribution in [3.8, 4) is 0 Å². The van der Waals surface area contributed by atoms with Gasteiger partial charge in [0.05, 0.1) is 5.57 Å². The lowest BCUT2D eigenvalue weighted by atomic mass is 10.1. The van der Waals surface area contributed by atoms with Gasteiger partial charge in [-0.2, -0.15) is 5.10 Å². The molecule has 1 aliphatic heterocycles. The summed E-state index contributed by atoms with van der Waals surface area (Å²) in [5, 5.41) is 6.65. The highest BCUT2D eigenvalue weighted by molar-refractivity contribution is 6.34. The molecule has 1 amide bonds. The molecule has 0 unspecified atom stereocenters. The molecule has 2 N–H and O–H groups in total. The van der Waals surface area contributed by atoms with Gasteiger partial charge in [-0.1, -0.05) is 0 Å². The number of benzene rings is 1. The first-order valence-electron chi connectivity index (χ1n) is 6.08. The Bertz CT molecular complexity index is 788. The highest BCUT2D eigenvalue weighted by Gasteiger charge is 2.25. The van der Waals surface area contributed by atoms with E-state index in [1.807, 2.05) is 0 Å². The lowest BCUT2D eigenvalue weighted by molar-refractivity contribution is -0.110. The third-order valence-corrected chi connectivity index (χ3v) is 3.04. The Labute approximate surface area is 112 Å². The Morgan fingerprint density at radius 1 is 1.40 bits per heavy atom. The van der Waals surface area contributed by atoms with Crippen molar-refractivity contribution in [2.75, 3.05) is 5.32 Å². The number of H-pyrrole nitrogens is 1. The van der Waals surface area contributed by atoms with Crippen LogP contribution in [0.15, 0.2) is 23.0 Å². The van der Waals surface area contributed by atoms with E-state index in [4.69, 9.17) is 0 Å². The summed E-state index contributed by atoms with van der Waals surface area (Å²) >= 11 is 0. The molecule has 0 atom stereocenters. The fraction of sp³-hybridized carbons (Fsp3) is 0.154. The van der Waals surface area contributed by atoms with Crippen LogP contribution >= 0.6 is 0 Å². The molecular weight excluding hydrogens is 263 g/mol. The average Bonchev–Trinajstić information content (AvgIpc) is 2.91. The summed E-state index contributed by atoms with van der Waals surface area (Å²) in [4.78, 5) is 25.9. The fourth-order valence-corrected chi connectivity index (χ4v) is 2.09. The van der Waals surface area contributed by atoms with Crippen LogP contribution in [0.4, 0.5) is 10.1 Å². The van der Waals surface area contributed by atoms with Crippen LogP contribution in [0.25, 0.3) is 11.6 Å². The van der Waals surface area contributed by atoms with E-state index in [0.29, 0.717) is 17.8 Å². The van der Waals surface area contributed by atoms with Crippen LogP contribution in [0.1, 0.15) is 18.3 Å². The summed E-state index contributed by atoms with van der Waals surface area (Å²) in [5.74, 6) is -0.518. The first-order chi connectivity index (χ1) is 9.58. The van der Waals surface area contributed by atoms with Gasteiger partial charge in [0.1, 0.15) is 5.82 Å². The van der Waals surface area contributed by atoms with E-state index in [9.17, 15) is 14.0 Å². The number of aryl methyl sites for hydroxylation is 1. The topological polar surface area (TPSA) is 79.8 Å². The first kappa shape index (κ1) is 12.3. The summed E-state index contributed by atoms with van der Waals surface area (Å²) in [5.41, 5.74) is 0.926. The Balaban J connectivity index is 2.10. The lowest BCUT2D eigenvalue weighted by Gasteiger charge is -1.97. The van der Waals surface area contributed by atoms with Crippen LogP contribution < -0.4 is 11.0 Å². The molecule has 0 aliphatic carbocycles. The van der Waals surface area contributed by atoms with Gasteiger partial charge >= 0.3 is 5.69 Å². The number of fused-ring (bicyclic) bond motifs is 1. The Morgan fingerprint density at radius 2 is 2.20 bits per heavy atom. The molecule has 0 radical (unpaired) electrons. The molecule has 7 heteroatoms. The molecule has 1 aromatic heterocycles. The molecule has 20 heavy (non-hydrogen) atoms. The van der Waals surface area contributed by atoms with Crippen LogP contribution in [0.2, 0.25) is 0 Å². The predicted octanol–water partition coefficient (Wildman–Crippen LogP) is 1.22. The van der Waals surface area contributed by atoms with Gasteiger partial charge in [0.2, 0.25) is 0 Å². The second-order valence-electron chi connectivity index (χ2n) is 4.33. The molecule has 6 nitrogen and oxygen atoms in total. The number of nitrogens with zero attached hydrogens (tertiary/aromatic N) is 2. The summed E-state index contributed by atoms with van der Waals surface area (Å²) in [7, 11) is 0. The Kier molecular flexibility index (Phi) is 2.74. The maximum atomic E-state index is 13.3. The van der Waals surface area contributed by atoms with E-state index in [1.54, 1.807) is 6.92 Å². The van der Waals surface area contributed by atoms with Crippen LogP contribution in [0.5, 0.6) is 0 Å². The molecule has 0 bridgehead atoms. The summed E-state index contributed by atoms with van der Waals surface area (Å²) in [6, 6.07) is 4.04. The van der Waals surface area contributed by atoms with E-state index < -0.39 is 5.82 Å². The molecule has 3 rings (SSSR count). The van der Waals surface area contributed by atoms with Gasteiger partial charge in [-0.15, -0.1) is 0 Å². The second-order valence-corrected chi connectivity index (χ2v) is 4.33. The second kappa shape index (κ2) is 4.44. The maximum absolute atomic E-state index is 13.3. The molecule has 1 aliphatic rings. The summed E-state index contributed by atoms with van der Waals surface area (Å²) in [6.45, 7) is 2.21. The Morgan fingerprint density at radius 3 is 2.90 bits per heavy atom. The van der Waals surface area contributed by atoms with E-state index in [2.05, 4.69) is 15.4 Å². The van der Waals surface area contributed by atoms with Crippen LogP contribution in [0.3, 0.4) is 0 Å². The number of halogens is 1. The minimum Gasteiger partial charge on any atom is -0.321 e. The number of carbonyl (C=O) groups excluding carboxylic acids is 1. The predicted molar refractivity (Wildman–Crippen MR) is 71.4 cm³/mol. The number of aromatic nitrogens is 3. The number of hydrogen-bond acceptors (Lipinski definition) is 3. The quantitative estimate of drug-likeness (QED) is 0.808. The number of rotatable bonds is 2. The van der Waals surface area contributed by atoms with Gasteiger partial charge in [0, 0.05) is 17.8 Å². The van der Waals surface area contributed by atoms with E-state index in [1.165, 1.54) is 29.0 Å². The van der Waals surface area contributed by atoms with Gasteiger partial charge in [-0.3, -0.25) is 9.78 Å². The number of anilines is 1. The van der Waals surface area contributed by atoms with Crippen LogP contribution in [0, 0.1) is 5.82 Å². The van der Waals surface area contributed by atoms with Crippen molar-refractivity contribution in [1.82, 2.24) is 14.8 Å². The zero-order chi connectivity index (χ0) is 14.3. The highest BCUT2D eigenvalue weighted by Crippen LogP contribution is 2.32. The average molecular weight is 274 g/mol. The van der Waals surface area contributed by atoms with Crippen molar-refractivity contribution in [1.29, 1.82) is 0 Å². The van der Waals surface area contributed by atoms with Crippen molar-refractivity contribution in [2.24, 2.45) is 0 Å². The SMILES string of the molecule is CCn1nc(/C=C2\C(=O)Nc3ccc(F)cc32)[nH]c1=O. The zero-order valence-corrected chi connectivity index (χ0v) is 10.6. The molecule has 0 spiro atoms. The van der Waals surface area contributed by atoms with Crippen molar-refractivity contribution in [3.63, 3.8) is 0 Å². The largest absolute Gasteiger partial charge is 0.343 e. The van der Waals surface area contributed by atoms with E-state index >= 15 is 0 Å². The molecular formula is C13H11FN4O2. The molecule has 102 valence electrons. The van der Waals surface area contributed by atoms with E-state index in [0.717, 1.165) is 0 Å². The van der Waals surface area contributed by atoms with Crippen molar-refractivity contribution in [2.45, 2.75) is 13.5 Å². The molecule has 0 saturated carbocycles. The van der Waals surface area contributed by atoms with Gasteiger partial charge < -0.3 is 5.32 Å². The van der Waals surface area contributed by atoms with Gasteiger partial charge in [-0.05, 0) is 31.2 Å². The Hall–Kier alpha value is -2.70. The fourth-order valence-electron chi connectivity index (χ4n) is 2.09. The number of aromatic amines is 1. The van der Waals surface area contributed by atoms with Crippen LogP contribution in [-0.2, 0) is 11.3 Å². The third kappa shape index (κ3) is 1.93. The van der Waals surface area contributed by atoms with Crippen molar-refractivity contribution < 1.29 is 9.18 Å². The number of carbonyl (C=O) groups is 1. The third-order valence-electron chi connectivity index (χ3n) is 3.04. The highest BCUT2D eigenvalue weighted by atomic mass is 19.1. The minimum absolute atomic E-state index is 0.263. The first-order valence-corrected chi connectivity index (χ1v) is 6.08. The molecule has 1 aromatic carbocycles. The van der Waals surface area contributed by atoms with Gasteiger partial charge in [0.25, 0.3) is 5.91 Å². The molecule has 2 aromatic rings.